The summed E-state index contributed by atoms with van der Waals surface area (Å²) in [4.78, 5) is 30.7. The largest absolute Gasteiger partial charge is 0.506 e. The third-order valence-electron chi connectivity index (χ3n) is 6.75. The van der Waals surface area contributed by atoms with Crippen LogP contribution in [0.4, 0.5) is 21.7 Å². The summed E-state index contributed by atoms with van der Waals surface area (Å²) in [5.74, 6) is -0.652. The van der Waals surface area contributed by atoms with Crippen LogP contribution in [-0.2, 0) is 11.2 Å². The van der Waals surface area contributed by atoms with Crippen molar-refractivity contribution in [2.45, 2.75) is 12.5 Å². The number of hydrogen-bond acceptors (Lipinski definition) is 7. The summed E-state index contributed by atoms with van der Waals surface area (Å²) in [5, 5.41) is 30.2. The van der Waals surface area contributed by atoms with Gasteiger partial charge in [0.15, 0.2) is 5.65 Å². The number of aromatic hydroxyl groups is 1. The number of nitrogens with one attached hydrogen (secondary N) is 2. The van der Waals surface area contributed by atoms with Crippen LogP contribution >= 0.6 is 0 Å². The van der Waals surface area contributed by atoms with Crippen LogP contribution < -0.4 is 10.6 Å². The molecular weight excluding hydrogens is 527 g/mol. The van der Waals surface area contributed by atoms with Crippen molar-refractivity contribution in [3.05, 3.63) is 102 Å². The van der Waals surface area contributed by atoms with E-state index < -0.39 is 6.10 Å². The maximum Gasteiger partial charge on any atom is 0.254 e. The number of likely N-dealkylation sites (tertiary alicyclic amines) is 1. The first kappa shape index (κ1) is 26.0. The minimum absolute atomic E-state index is 0.124. The maximum absolute atomic E-state index is 13.1. The van der Waals surface area contributed by atoms with Gasteiger partial charge in [-0.15, -0.1) is 5.10 Å². The molecule has 4 N–H and O–H groups in total. The monoisotopic (exact) mass is 552 g/mol. The van der Waals surface area contributed by atoms with E-state index in [0.29, 0.717) is 22.6 Å². The number of aliphatic hydroxyl groups excluding tert-OH is 1. The normalized spacial score (nSPS) is 13.2. The molecule has 10 nitrogen and oxygen atoms in total. The molecule has 2 aromatic heterocycles. The number of aromatic nitrogens is 3. The van der Waals surface area contributed by atoms with Crippen LogP contribution in [0.25, 0.3) is 16.8 Å². The van der Waals surface area contributed by atoms with E-state index in [4.69, 9.17) is 0 Å². The molecule has 1 saturated heterocycles. The van der Waals surface area contributed by atoms with Crippen molar-refractivity contribution in [1.82, 2.24) is 19.5 Å². The Bertz CT molecular complexity index is 1750. The van der Waals surface area contributed by atoms with Crippen LogP contribution in [0.3, 0.4) is 0 Å². The lowest BCUT2D eigenvalue weighted by molar-refractivity contribution is -0.115. The molecule has 3 heterocycles. The van der Waals surface area contributed by atoms with Gasteiger partial charge in [-0.25, -0.2) is 8.91 Å². The van der Waals surface area contributed by atoms with E-state index in [2.05, 4.69) is 20.7 Å². The molecule has 1 aliphatic heterocycles. The fraction of sp³-hybridized carbons (Fsp3) is 0.133. The van der Waals surface area contributed by atoms with Gasteiger partial charge >= 0.3 is 0 Å². The summed E-state index contributed by atoms with van der Waals surface area (Å²) in [5.41, 5.74) is 4.40. The molecule has 2 amide bonds. The maximum atomic E-state index is 13.1. The molecule has 0 bridgehead atoms. The zero-order chi connectivity index (χ0) is 28.5. The van der Waals surface area contributed by atoms with E-state index in [9.17, 15) is 24.2 Å². The Hall–Kier alpha value is -5.29. The second-order valence-electron chi connectivity index (χ2n) is 9.81. The van der Waals surface area contributed by atoms with Gasteiger partial charge in [-0.2, -0.15) is 4.98 Å². The molecule has 41 heavy (non-hydrogen) atoms. The van der Waals surface area contributed by atoms with Gasteiger partial charge in [0.05, 0.1) is 18.2 Å². The Balaban J connectivity index is 1.11. The van der Waals surface area contributed by atoms with E-state index in [0.717, 1.165) is 16.7 Å². The van der Waals surface area contributed by atoms with Gasteiger partial charge in [0.2, 0.25) is 11.9 Å². The lowest BCUT2D eigenvalue weighted by Crippen LogP contribution is -2.53. The number of phenolic OH excluding ortho intramolecular Hbond substituents is 1. The summed E-state index contributed by atoms with van der Waals surface area (Å²) in [6.07, 6.45) is 1.46. The van der Waals surface area contributed by atoms with Crippen molar-refractivity contribution in [3.63, 3.8) is 0 Å². The van der Waals surface area contributed by atoms with Crippen molar-refractivity contribution >= 4 is 34.8 Å². The first-order valence-electron chi connectivity index (χ1n) is 12.9. The number of halogens is 1. The molecule has 0 unspecified atom stereocenters. The van der Waals surface area contributed by atoms with E-state index in [1.165, 1.54) is 23.1 Å². The van der Waals surface area contributed by atoms with Gasteiger partial charge in [0.1, 0.15) is 11.6 Å². The fourth-order valence-corrected chi connectivity index (χ4v) is 4.54. The highest BCUT2D eigenvalue weighted by atomic mass is 19.1. The Morgan fingerprint density at radius 1 is 0.951 bits per heavy atom. The first-order chi connectivity index (χ1) is 19.8. The average Bonchev–Trinajstić information content (AvgIpc) is 3.35. The van der Waals surface area contributed by atoms with Gasteiger partial charge in [-0.3, -0.25) is 9.59 Å². The molecule has 0 saturated carbocycles. The third kappa shape index (κ3) is 5.70. The van der Waals surface area contributed by atoms with Crippen LogP contribution in [0.15, 0.2) is 85.1 Å². The summed E-state index contributed by atoms with van der Waals surface area (Å²) < 4.78 is 14.7. The molecule has 1 aliphatic rings. The predicted molar refractivity (Wildman–Crippen MR) is 150 cm³/mol. The van der Waals surface area contributed by atoms with Crippen molar-refractivity contribution in [2.24, 2.45) is 0 Å². The summed E-state index contributed by atoms with van der Waals surface area (Å²) in [7, 11) is 0. The van der Waals surface area contributed by atoms with E-state index in [1.807, 2.05) is 30.5 Å². The van der Waals surface area contributed by atoms with Gasteiger partial charge < -0.3 is 25.7 Å². The minimum Gasteiger partial charge on any atom is -0.506 e. The van der Waals surface area contributed by atoms with Gasteiger partial charge in [-0.1, -0.05) is 24.3 Å². The van der Waals surface area contributed by atoms with E-state index in [-0.39, 0.29) is 48.8 Å². The first-order valence-corrected chi connectivity index (χ1v) is 12.9. The number of β-amino-alcohol motifs (C(OH)–C–C–N with tert-alkyl or cyclic N) is 1. The predicted octanol–water partition coefficient (Wildman–Crippen LogP) is 3.98. The number of nitrogens with zero attached hydrogens (tertiary/aromatic N) is 4. The number of pyridine rings is 1. The number of hydrogen-bond donors (Lipinski definition) is 4. The molecule has 0 spiro atoms. The molecule has 0 aliphatic carbocycles. The van der Waals surface area contributed by atoms with Crippen molar-refractivity contribution in [3.8, 4) is 16.9 Å². The highest BCUT2D eigenvalue weighted by molar-refractivity contribution is 5.96. The molecule has 5 aromatic rings. The highest BCUT2D eigenvalue weighted by Gasteiger charge is 2.29. The smallest absolute Gasteiger partial charge is 0.254 e. The Kier molecular flexibility index (Phi) is 6.78. The molecule has 6 rings (SSSR count). The van der Waals surface area contributed by atoms with Gasteiger partial charge in [0, 0.05) is 36.1 Å². The van der Waals surface area contributed by atoms with Gasteiger partial charge in [-0.05, 0) is 65.7 Å². The number of anilines is 3. The quantitative estimate of drug-likeness (QED) is 0.225. The molecule has 1 fully saturated rings. The number of rotatable bonds is 7. The van der Waals surface area contributed by atoms with E-state index in [1.54, 1.807) is 40.9 Å². The highest BCUT2D eigenvalue weighted by Crippen LogP contribution is 2.29. The van der Waals surface area contributed by atoms with Crippen molar-refractivity contribution in [1.29, 1.82) is 0 Å². The van der Waals surface area contributed by atoms with Crippen LogP contribution in [0.2, 0.25) is 0 Å². The molecule has 11 heteroatoms. The number of carbonyl (C=O) groups excluding carboxylic acids is 2. The lowest BCUT2D eigenvalue weighted by Gasteiger charge is -2.35. The summed E-state index contributed by atoms with van der Waals surface area (Å²) >= 11 is 0. The van der Waals surface area contributed by atoms with Crippen molar-refractivity contribution < 1.29 is 24.2 Å². The van der Waals surface area contributed by atoms with Crippen LogP contribution in [0, 0.1) is 5.82 Å². The van der Waals surface area contributed by atoms with Crippen LogP contribution in [-0.4, -0.2) is 60.7 Å². The standard InChI is InChI=1S/C30H25FN6O4/c31-22-7-1-18(2-8-22)13-28(40)32-23-9-3-19(4-10-23)21-6-12-27-34-30(35-37(27)15-21)33-25-11-5-20(14-26(25)39)29(41)36-16-24(38)17-36/h1-12,14-15,24,38-39H,13,16-17H2,(H,32,40)(H,33,35). The Morgan fingerprint density at radius 2 is 1.68 bits per heavy atom. The minimum atomic E-state index is -0.498. The molecule has 3 aromatic carbocycles. The topological polar surface area (TPSA) is 132 Å². The molecule has 0 radical (unpaired) electrons. The zero-order valence-electron chi connectivity index (χ0n) is 21.7. The molecule has 0 atom stereocenters. The number of phenols is 1. The zero-order valence-corrected chi connectivity index (χ0v) is 21.7. The van der Waals surface area contributed by atoms with Crippen LogP contribution in [0.5, 0.6) is 5.75 Å². The number of carbonyl (C=O) groups is 2. The van der Waals surface area contributed by atoms with E-state index >= 15 is 0 Å². The summed E-state index contributed by atoms with van der Waals surface area (Å²) in [6, 6.07) is 21.5. The fourth-order valence-electron chi connectivity index (χ4n) is 4.54. The third-order valence-corrected chi connectivity index (χ3v) is 6.75. The van der Waals surface area contributed by atoms with Crippen molar-refractivity contribution in [2.75, 3.05) is 23.7 Å². The number of benzene rings is 3. The lowest BCUT2D eigenvalue weighted by atomic mass is 10.1. The second kappa shape index (κ2) is 10.7. The molecular formula is C30H25FN6O4. The van der Waals surface area contributed by atoms with Gasteiger partial charge in [0.25, 0.3) is 5.91 Å². The Morgan fingerprint density at radius 3 is 2.39 bits per heavy atom. The summed E-state index contributed by atoms with van der Waals surface area (Å²) in [6.45, 7) is 0.568. The SMILES string of the molecule is O=C(Cc1ccc(F)cc1)Nc1ccc(-c2ccc3nc(Nc4ccc(C(=O)N5CC(O)C5)cc4O)nn3c2)cc1. The molecule has 206 valence electrons. The number of aliphatic hydroxyl groups is 1. The number of amides is 2. The second-order valence-corrected chi connectivity index (χ2v) is 9.81. The average molecular weight is 553 g/mol. The Labute approximate surface area is 233 Å². The van der Waals surface area contributed by atoms with Crippen LogP contribution in [0.1, 0.15) is 15.9 Å². The number of fused-ring (bicyclic) bond motifs is 1.